The van der Waals surface area contributed by atoms with Gasteiger partial charge in [-0.2, -0.15) is 5.26 Å². The minimum atomic E-state index is -0.413. The maximum atomic E-state index is 12.0. The normalized spacial score (nSPS) is 10.8. The average molecular weight is 298 g/mol. The van der Waals surface area contributed by atoms with E-state index in [-0.39, 0.29) is 5.57 Å². The summed E-state index contributed by atoms with van der Waals surface area (Å²) < 4.78 is 0. The first kappa shape index (κ1) is 14.8. The van der Waals surface area contributed by atoms with E-state index in [1.54, 1.807) is 48.8 Å². The average Bonchev–Trinajstić information content (AvgIpc) is 2.53. The molecule has 2 rings (SSSR count). The van der Waals surface area contributed by atoms with Gasteiger partial charge < -0.3 is 5.32 Å². The molecule has 0 atom stereocenters. The van der Waals surface area contributed by atoms with E-state index < -0.39 is 5.91 Å². The second-order valence-corrected chi connectivity index (χ2v) is 4.70. The van der Waals surface area contributed by atoms with Gasteiger partial charge in [0.15, 0.2) is 0 Å². The summed E-state index contributed by atoms with van der Waals surface area (Å²) in [5.74, 6) is -0.413. The Balaban J connectivity index is 2.05. The number of hydrogen-bond acceptors (Lipinski definition) is 3. The van der Waals surface area contributed by atoms with Crippen molar-refractivity contribution < 1.29 is 4.79 Å². The van der Waals surface area contributed by atoms with Crippen LogP contribution in [0.25, 0.3) is 6.08 Å². The molecule has 5 heteroatoms. The largest absolute Gasteiger partial charge is 0.347 e. The van der Waals surface area contributed by atoms with E-state index in [1.165, 1.54) is 6.08 Å². The van der Waals surface area contributed by atoms with E-state index in [9.17, 15) is 4.79 Å². The molecule has 1 N–H and O–H groups in total. The van der Waals surface area contributed by atoms with Gasteiger partial charge in [0.2, 0.25) is 0 Å². The topological polar surface area (TPSA) is 65.8 Å². The van der Waals surface area contributed by atoms with Crippen molar-refractivity contribution in [1.82, 2.24) is 10.3 Å². The molecule has 0 fully saturated rings. The van der Waals surface area contributed by atoms with Gasteiger partial charge in [-0.1, -0.05) is 23.7 Å². The van der Waals surface area contributed by atoms with Crippen LogP contribution in [0, 0.1) is 11.3 Å². The monoisotopic (exact) mass is 297 g/mol. The SMILES string of the molecule is N#C/C(=C\c1ccc(Cl)cc1)C(=O)NCc1ccncc1. The van der Waals surface area contributed by atoms with E-state index >= 15 is 0 Å². The molecule has 0 saturated carbocycles. The van der Waals surface area contributed by atoms with Crippen LogP contribution in [0.2, 0.25) is 5.02 Å². The first-order valence-electron chi connectivity index (χ1n) is 6.23. The number of hydrogen-bond donors (Lipinski definition) is 1. The number of nitriles is 1. The molecule has 0 unspecified atom stereocenters. The second kappa shape index (κ2) is 7.22. The van der Waals surface area contributed by atoms with Crippen molar-refractivity contribution in [2.75, 3.05) is 0 Å². The van der Waals surface area contributed by atoms with Gasteiger partial charge in [-0.3, -0.25) is 9.78 Å². The third kappa shape index (κ3) is 4.44. The van der Waals surface area contributed by atoms with Crippen molar-refractivity contribution in [3.8, 4) is 6.07 Å². The lowest BCUT2D eigenvalue weighted by molar-refractivity contribution is -0.117. The van der Waals surface area contributed by atoms with Gasteiger partial charge in [0.05, 0.1) is 0 Å². The van der Waals surface area contributed by atoms with Gasteiger partial charge in [0.1, 0.15) is 11.6 Å². The predicted molar refractivity (Wildman–Crippen MR) is 81.1 cm³/mol. The highest BCUT2D eigenvalue weighted by Gasteiger charge is 2.08. The van der Waals surface area contributed by atoms with E-state index in [2.05, 4.69) is 10.3 Å². The number of amides is 1. The number of pyridine rings is 1. The van der Waals surface area contributed by atoms with Gasteiger partial charge in [-0.05, 0) is 41.5 Å². The standard InChI is InChI=1S/C16H12ClN3O/c17-15-3-1-12(2-4-15)9-14(10-18)16(21)20-11-13-5-7-19-8-6-13/h1-9H,11H2,(H,20,21)/b14-9+. The van der Waals surface area contributed by atoms with Crippen molar-refractivity contribution in [3.63, 3.8) is 0 Å². The number of rotatable bonds is 4. The highest BCUT2D eigenvalue weighted by molar-refractivity contribution is 6.30. The Morgan fingerprint density at radius 3 is 2.52 bits per heavy atom. The first-order valence-corrected chi connectivity index (χ1v) is 6.61. The lowest BCUT2D eigenvalue weighted by atomic mass is 10.1. The highest BCUT2D eigenvalue weighted by Crippen LogP contribution is 2.12. The summed E-state index contributed by atoms with van der Waals surface area (Å²) in [6.07, 6.45) is 4.82. The molecule has 0 bridgehead atoms. The summed E-state index contributed by atoms with van der Waals surface area (Å²) in [5, 5.41) is 12.4. The Hall–Kier alpha value is -2.64. The van der Waals surface area contributed by atoms with Crippen LogP contribution in [0.3, 0.4) is 0 Å². The Labute approximate surface area is 127 Å². The van der Waals surface area contributed by atoms with Crippen LogP contribution in [-0.2, 0) is 11.3 Å². The molecular formula is C16H12ClN3O. The number of carbonyl (C=O) groups is 1. The molecular weight excluding hydrogens is 286 g/mol. The number of nitrogens with zero attached hydrogens (tertiary/aromatic N) is 2. The molecule has 0 spiro atoms. The summed E-state index contributed by atoms with van der Waals surface area (Å²) in [4.78, 5) is 15.9. The summed E-state index contributed by atoms with van der Waals surface area (Å²) >= 11 is 5.79. The maximum Gasteiger partial charge on any atom is 0.262 e. The molecule has 1 aromatic carbocycles. The molecule has 104 valence electrons. The van der Waals surface area contributed by atoms with Gasteiger partial charge in [-0.25, -0.2) is 0 Å². The molecule has 4 nitrogen and oxygen atoms in total. The maximum absolute atomic E-state index is 12.0. The molecule has 1 amide bonds. The molecule has 0 aliphatic rings. The van der Waals surface area contributed by atoms with Crippen LogP contribution in [-0.4, -0.2) is 10.9 Å². The van der Waals surface area contributed by atoms with Crippen molar-refractivity contribution >= 4 is 23.6 Å². The zero-order chi connectivity index (χ0) is 15.1. The fourth-order valence-electron chi connectivity index (χ4n) is 1.65. The molecule has 0 aliphatic carbocycles. The predicted octanol–water partition coefficient (Wildman–Crippen LogP) is 2.96. The quantitative estimate of drug-likeness (QED) is 0.697. The second-order valence-electron chi connectivity index (χ2n) is 4.26. The molecule has 1 aromatic heterocycles. The molecule has 0 saturated heterocycles. The van der Waals surface area contributed by atoms with Crippen molar-refractivity contribution in [2.45, 2.75) is 6.54 Å². The van der Waals surface area contributed by atoms with Gasteiger partial charge >= 0.3 is 0 Å². The van der Waals surface area contributed by atoms with Crippen molar-refractivity contribution in [1.29, 1.82) is 5.26 Å². The first-order chi connectivity index (χ1) is 10.2. The summed E-state index contributed by atoms with van der Waals surface area (Å²) in [6, 6.07) is 12.4. The van der Waals surface area contributed by atoms with Crippen LogP contribution in [0.4, 0.5) is 0 Å². The molecule has 0 aliphatic heterocycles. The molecule has 1 heterocycles. The number of carbonyl (C=O) groups excluding carboxylic acids is 1. The Morgan fingerprint density at radius 2 is 1.90 bits per heavy atom. The van der Waals surface area contributed by atoms with Crippen LogP contribution >= 0.6 is 11.6 Å². The van der Waals surface area contributed by atoms with Crippen LogP contribution in [0.5, 0.6) is 0 Å². The lowest BCUT2D eigenvalue weighted by Crippen LogP contribution is -2.23. The number of benzene rings is 1. The summed E-state index contributed by atoms with van der Waals surface area (Å²) in [7, 11) is 0. The van der Waals surface area contributed by atoms with E-state index in [0.717, 1.165) is 11.1 Å². The number of halogens is 1. The van der Waals surface area contributed by atoms with Crippen LogP contribution in [0.1, 0.15) is 11.1 Å². The minimum Gasteiger partial charge on any atom is -0.347 e. The Kier molecular flexibility index (Phi) is 5.08. The molecule has 0 radical (unpaired) electrons. The third-order valence-corrected chi connectivity index (χ3v) is 3.00. The molecule has 21 heavy (non-hydrogen) atoms. The Bertz CT molecular complexity index is 688. The number of aromatic nitrogens is 1. The van der Waals surface area contributed by atoms with Gasteiger partial charge in [-0.15, -0.1) is 0 Å². The van der Waals surface area contributed by atoms with Crippen LogP contribution < -0.4 is 5.32 Å². The fourth-order valence-corrected chi connectivity index (χ4v) is 1.78. The minimum absolute atomic E-state index is 0.0476. The fraction of sp³-hybridized carbons (Fsp3) is 0.0625. The number of nitrogens with one attached hydrogen (secondary N) is 1. The molecule has 2 aromatic rings. The van der Waals surface area contributed by atoms with E-state index in [0.29, 0.717) is 11.6 Å². The van der Waals surface area contributed by atoms with Gasteiger partial charge in [0, 0.05) is 24.0 Å². The van der Waals surface area contributed by atoms with Gasteiger partial charge in [0.25, 0.3) is 5.91 Å². The lowest BCUT2D eigenvalue weighted by Gasteiger charge is -2.04. The third-order valence-electron chi connectivity index (χ3n) is 2.75. The Morgan fingerprint density at radius 1 is 1.24 bits per heavy atom. The highest BCUT2D eigenvalue weighted by atomic mass is 35.5. The zero-order valence-corrected chi connectivity index (χ0v) is 11.8. The summed E-state index contributed by atoms with van der Waals surface area (Å²) in [5.41, 5.74) is 1.71. The van der Waals surface area contributed by atoms with Crippen LogP contribution in [0.15, 0.2) is 54.4 Å². The smallest absolute Gasteiger partial charge is 0.262 e. The van der Waals surface area contributed by atoms with Crippen molar-refractivity contribution in [2.24, 2.45) is 0 Å². The van der Waals surface area contributed by atoms with E-state index in [4.69, 9.17) is 16.9 Å². The van der Waals surface area contributed by atoms with Crippen molar-refractivity contribution in [3.05, 3.63) is 70.5 Å². The zero-order valence-electron chi connectivity index (χ0n) is 11.1. The summed E-state index contributed by atoms with van der Waals surface area (Å²) in [6.45, 7) is 0.348. The van der Waals surface area contributed by atoms with E-state index in [1.807, 2.05) is 6.07 Å².